The van der Waals surface area contributed by atoms with Crippen molar-refractivity contribution in [2.45, 2.75) is 38.6 Å². The highest BCUT2D eigenvalue weighted by Crippen LogP contribution is 2.21. The fourth-order valence-electron chi connectivity index (χ4n) is 3.10. The van der Waals surface area contributed by atoms with Crippen molar-refractivity contribution in [2.75, 3.05) is 20.1 Å². The number of nitrogens with zero attached hydrogens (tertiary/aromatic N) is 4. The van der Waals surface area contributed by atoms with Crippen LogP contribution < -0.4 is 5.32 Å². The van der Waals surface area contributed by atoms with Gasteiger partial charge in [-0.15, -0.1) is 17.5 Å². The monoisotopic (exact) mass is 381 g/mol. The Balaban J connectivity index is 0.00000243. The van der Waals surface area contributed by atoms with Crippen LogP contribution in [0.4, 0.5) is 4.39 Å². The largest absolute Gasteiger partial charge is 0.336 e. The fraction of sp³-hybridized carbons (Fsp3) is 0.500. The third-order valence-electron chi connectivity index (χ3n) is 4.61. The van der Waals surface area contributed by atoms with E-state index in [0.29, 0.717) is 30.6 Å². The van der Waals surface area contributed by atoms with Crippen LogP contribution in [0.1, 0.15) is 49.1 Å². The van der Waals surface area contributed by atoms with Crippen LogP contribution in [-0.4, -0.2) is 51.8 Å². The van der Waals surface area contributed by atoms with Gasteiger partial charge in [0.05, 0.1) is 0 Å². The summed E-state index contributed by atoms with van der Waals surface area (Å²) in [5.41, 5.74) is 0.312. The standard InChI is InChI=1S/C18H24FN5O.ClH/c1-12(2)17-21-16(18(25)23-10-8-13(20-3)9-11-23)22-24(17)15-7-5-4-6-14(15)19;/h4-7,12-13,20H,8-11H2,1-3H3;1H. The molecule has 1 aliphatic heterocycles. The number of likely N-dealkylation sites (tertiary alicyclic amines) is 1. The maximum Gasteiger partial charge on any atom is 0.293 e. The van der Waals surface area contributed by atoms with Crippen molar-refractivity contribution in [2.24, 2.45) is 0 Å². The molecule has 8 heteroatoms. The molecule has 0 radical (unpaired) electrons. The van der Waals surface area contributed by atoms with E-state index in [1.807, 2.05) is 20.9 Å². The number of halogens is 2. The number of benzene rings is 1. The Morgan fingerprint density at radius 1 is 1.27 bits per heavy atom. The molecule has 0 spiro atoms. The number of aromatic nitrogens is 3. The van der Waals surface area contributed by atoms with E-state index in [0.717, 1.165) is 12.8 Å². The summed E-state index contributed by atoms with van der Waals surface area (Å²) in [5.74, 6) is 0.159. The summed E-state index contributed by atoms with van der Waals surface area (Å²) >= 11 is 0. The number of rotatable bonds is 4. The highest BCUT2D eigenvalue weighted by molar-refractivity contribution is 5.90. The lowest BCUT2D eigenvalue weighted by Crippen LogP contribution is -2.44. The van der Waals surface area contributed by atoms with Crippen molar-refractivity contribution in [3.05, 3.63) is 41.7 Å². The molecule has 0 saturated carbocycles. The van der Waals surface area contributed by atoms with Crippen LogP contribution in [-0.2, 0) is 0 Å². The summed E-state index contributed by atoms with van der Waals surface area (Å²) in [6.45, 7) is 5.26. The SMILES string of the molecule is CNC1CCN(C(=O)c2nc(C(C)C)n(-c3ccccc3F)n2)CC1.Cl. The molecule has 1 aromatic carbocycles. The van der Waals surface area contributed by atoms with E-state index in [-0.39, 0.29) is 35.9 Å². The van der Waals surface area contributed by atoms with Gasteiger partial charge in [-0.05, 0) is 32.0 Å². The van der Waals surface area contributed by atoms with Crippen molar-refractivity contribution >= 4 is 18.3 Å². The number of piperidine rings is 1. The molecule has 6 nitrogen and oxygen atoms in total. The highest BCUT2D eigenvalue weighted by atomic mass is 35.5. The van der Waals surface area contributed by atoms with Crippen LogP contribution >= 0.6 is 12.4 Å². The van der Waals surface area contributed by atoms with E-state index >= 15 is 0 Å². The fourth-order valence-corrected chi connectivity index (χ4v) is 3.10. The van der Waals surface area contributed by atoms with Crippen LogP contribution in [0.5, 0.6) is 0 Å². The van der Waals surface area contributed by atoms with Crippen molar-refractivity contribution in [1.29, 1.82) is 0 Å². The predicted octanol–water partition coefficient (Wildman–Crippen LogP) is 2.78. The smallest absolute Gasteiger partial charge is 0.293 e. The third kappa shape index (κ3) is 4.04. The average Bonchev–Trinajstić information content (AvgIpc) is 3.07. The predicted molar refractivity (Wildman–Crippen MR) is 101 cm³/mol. The van der Waals surface area contributed by atoms with Gasteiger partial charge in [0.25, 0.3) is 5.91 Å². The molecule has 3 rings (SSSR count). The second-order valence-electron chi connectivity index (χ2n) is 6.67. The lowest BCUT2D eigenvalue weighted by atomic mass is 10.1. The molecule has 1 aromatic heterocycles. The van der Waals surface area contributed by atoms with E-state index in [1.165, 1.54) is 10.7 Å². The highest BCUT2D eigenvalue weighted by Gasteiger charge is 2.27. The molecule has 0 bridgehead atoms. The Labute approximate surface area is 159 Å². The topological polar surface area (TPSA) is 63.1 Å². The van der Waals surface area contributed by atoms with Gasteiger partial charge < -0.3 is 10.2 Å². The number of hydrogen-bond donors (Lipinski definition) is 1. The van der Waals surface area contributed by atoms with Gasteiger partial charge in [0.2, 0.25) is 5.82 Å². The Hall–Kier alpha value is -1.99. The minimum Gasteiger partial charge on any atom is -0.336 e. The summed E-state index contributed by atoms with van der Waals surface area (Å²) in [6, 6.07) is 6.84. The van der Waals surface area contributed by atoms with Gasteiger partial charge in [0.1, 0.15) is 17.3 Å². The first-order valence-electron chi connectivity index (χ1n) is 8.69. The van der Waals surface area contributed by atoms with E-state index in [2.05, 4.69) is 15.4 Å². The lowest BCUT2D eigenvalue weighted by molar-refractivity contribution is 0.0695. The number of carbonyl (C=O) groups excluding carboxylic acids is 1. The van der Waals surface area contributed by atoms with Crippen molar-refractivity contribution < 1.29 is 9.18 Å². The van der Waals surface area contributed by atoms with Gasteiger partial charge in [-0.3, -0.25) is 4.79 Å². The van der Waals surface area contributed by atoms with Crippen LogP contribution in [0, 0.1) is 5.82 Å². The molecule has 26 heavy (non-hydrogen) atoms. The van der Waals surface area contributed by atoms with Crippen LogP contribution in [0.15, 0.2) is 24.3 Å². The maximum absolute atomic E-state index is 14.2. The Kier molecular flexibility index (Phi) is 6.72. The van der Waals surface area contributed by atoms with Gasteiger partial charge in [0.15, 0.2) is 0 Å². The molecular formula is C18H25ClFN5O. The summed E-state index contributed by atoms with van der Waals surface area (Å²) < 4.78 is 15.6. The average molecular weight is 382 g/mol. The first-order valence-corrected chi connectivity index (χ1v) is 8.69. The Morgan fingerprint density at radius 2 is 1.92 bits per heavy atom. The van der Waals surface area contributed by atoms with Gasteiger partial charge in [-0.2, -0.15) is 0 Å². The van der Waals surface area contributed by atoms with Gasteiger partial charge in [0, 0.05) is 25.0 Å². The summed E-state index contributed by atoms with van der Waals surface area (Å²) in [7, 11) is 1.94. The normalized spacial score (nSPS) is 15.2. The quantitative estimate of drug-likeness (QED) is 0.884. The van der Waals surface area contributed by atoms with Crippen LogP contribution in [0.3, 0.4) is 0 Å². The molecule has 2 heterocycles. The van der Waals surface area contributed by atoms with Crippen LogP contribution in [0.25, 0.3) is 5.69 Å². The molecule has 142 valence electrons. The van der Waals surface area contributed by atoms with Crippen molar-refractivity contribution in [3.8, 4) is 5.69 Å². The van der Waals surface area contributed by atoms with Crippen LogP contribution in [0.2, 0.25) is 0 Å². The molecular weight excluding hydrogens is 357 g/mol. The molecule has 2 aromatic rings. The van der Waals surface area contributed by atoms with Crippen molar-refractivity contribution in [1.82, 2.24) is 25.0 Å². The zero-order valence-electron chi connectivity index (χ0n) is 15.3. The van der Waals surface area contributed by atoms with Gasteiger partial charge in [-0.25, -0.2) is 14.1 Å². The van der Waals surface area contributed by atoms with Crippen molar-refractivity contribution in [3.63, 3.8) is 0 Å². The molecule has 1 saturated heterocycles. The molecule has 1 fully saturated rings. The van der Waals surface area contributed by atoms with Gasteiger partial charge >= 0.3 is 0 Å². The molecule has 1 amide bonds. The third-order valence-corrected chi connectivity index (χ3v) is 4.61. The number of hydrogen-bond acceptors (Lipinski definition) is 4. The summed E-state index contributed by atoms with van der Waals surface area (Å²) in [4.78, 5) is 19.0. The second kappa shape index (κ2) is 8.60. The molecule has 1 N–H and O–H groups in total. The zero-order valence-corrected chi connectivity index (χ0v) is 16.1. The second-order valence-corrected chi connectivity index (χ2v) is 6.67. The van der Waals surface area contributed by atoms with E-state index in [9.17, 15) is 9.18 Å². The van der Waals surface area contributed by atoms with E-state index in [4.69, 9.17) is 0 Å². The summed E-state index contributed by atoms with van der Waals surface area (Å²) in [5, 5.41) is 7.58. The minimum absolute atomic E-state index is 0. The number of amides is 1. The number of para-hydroxylation sites is 1. The Bertz CT molecular complexity index is 756. The van der Waals surface area contributed by atoms with E-state index in [1.54, 1.807) is 23.1 Å². The first kappa shape index (κ1) is 20.3. The summed E-state index contributed by atoms with van der Waals surface area (Å²) in [6.07, 6.45) is 1.82. The number of nitrogens with one attached hydrogen (secondary N) is 1. The lowest BCUT2D eigenvalue weighted by Gasteiger charge is -2.30. The first-order chi connectivity index (χ1) is 12.0. The zero-order chi connectivity index (χ0) is 18.0. The molecule has 0 atom stereocenters. The van der Waals surface area contributed by atoms with E-state index < -0.39 is 0 Å². The molecule has 0 aliphatic carbocycles. The van der Waals surface area contributed by atoms with Gasteiger partial charge in [-0.1, -0.05) is 26.0 Å². The maximum atomic E-state index is 14.2. The molecule has 1 aliphatic rings. The molecule has 0 unspecified atom stereocenters. The number of carbonyl (C=O) groups is 1. The Morgan fingerprint density at radius 3 is 2.50 bits per heavy atom. The minimum atomic E-state index is -0.386.